The lowest BCUT2D eigenvalue weighted by atomic mass is 10.1. The summed E-state index contributed by atoms with van der Waals surface area (Å²) in [5.41, 5.74) is 0. The molecule has 0 fully saturated rings. The highest BCUT2D eigenvalue weighted by molar-refractivity contribution is 4.59. The van der Waals surface area contributed by atoms with E-state index in [1.165, 1.54) is 0 Å². The van der Waals surface area contributed by atoms with Crippen molar-refractivity contribution in [1.29, 1.82) is 0 Å². The highest BCUT2D eigenvalue weighted by Gasteiger charge is 2.26. The molecule has 1 unspecified atom stereocenters. The molecule has 2 nitrogen and oxygen atoms in total. The van der Waals surface area contributed by atoms with Gasteiger partial charge in [0.05, 0.1) is 12.5 Å². The second kappa shape index (κ2) is 7.06. The smallest absolute Gasteiger partial charge is 0.390 e. The number of hydrogen-bond acceptors (Lipinski definition) is 2. The third-order valence-electron chi connectivity index (χ3n) is 2.33. The molecule has 0 amide bonds. The number of rotatable bonds is 7. The minimum atomic E-state index is -4.07. The molecule has 0 aliphatic rings. The van der Waals surface area contributed by atoms with Gasteiger partial charge in [-0.25, -0.2) is 0 Å². The van der Waals surface area contributed by atoms with Crippen LogP contribution in [0.2, 0.25) is 0 Å². The van der Waals surface area contributed by atoms with Gasteiger partial charge in [-0.05, 0) is 32.9 Å². The highest BCUT2D eigenvalue weighted by atomic mass is 19.4. The number of alkyl halides is 3. The fraction of sp³-hybridized carbons (Fsp3) is 1.00. The molecule has 0 spiro atoms. The molecule has 15 heavy (non-hydrogen) atoms. The molecule has 92 valence electrons. The van der Waals surface area contributed by atoms with Gasteiger partial charge in [0.25, 0.3) is 0 Å². The fourth-order valence-electron chi connectivity index (χ4n) is 1.23. The van der Waals surface area contributed by atoms with E-state index in [9.17, 15) is 18.3 Å². The van der Waals surface area contributed by atoms with Gasteiger partial charge in [-0.1, -0.05) is 6.92 Å². The number of aliphatic hydroxyl groups excluding tert-OH is 1. The van der Waals surface area contributed by atoms with E-state index < -0.39 is 12.6 Å². The summed E-state index contributed by atoms with van der Waals surface area (Å²) in [5.74, 6) is 0. The average Bonchev–Trinajstić information content (AvgIpc) is 2.13. The SMILES string of the molecule is CCC(O)CCCN(C)CCC(F)(F)F. The largest absolute Gasteiger partial charge is 0.393 e. The van der Waals surface area contributed by atoms with E-state index in [4.69, 9.17) is 0 Å². The summed E-state index contributed by atoms with van der Waals surface area (Å²) >= 11 is 0. The van der Waals surface area contributed by atoms with Crippen LogP contribution in [0.25, 0.3) is 0 Å². The van der Waals surface area contributed by atoms with Crippen molar-refractivity contribution in [2.75, 3.05) is 20.1 Å². The first-order chi connectivity index (χ1) is 6.85. The molecule has 0 aromatic carbocycles. The summed E-state index contributed by atoms with van der Waals surface area (Å²) in [6.07, 6.45) is -3.06. The summed E-state index contributed by atoms with van der Waals surface area (Å²) in [6, 6.07) is 0. The van der Waals surface area contributed by atoms with E-state index >= 15 is 0 Å². The Labute approximate surface area is 89.1 Å². The monoisotopic (exact) mass is 227 g/mol. The fourth-order valence-corrected chi connectivity index (χ4v) is 1.23. The van der Waals surface area contributed by atoms with Crippen LogP contribution in [-0.4, -0.2) is 42.4 Å². The van der Waals surface area contributed by atoms with Crippen molar-refractivity contribution in [2.45, 2.75) is 44.9 Å². The van der Waals surface area contributed by atoms with Gasteiger partial charge in [0.2, 0.25) is 0 Å². The lowest BCUT2D eigenvalue weighted by Gasteiger charge is -2.18. The molecule has 5 heteroatoms. The van der Waals surface area contributed by atoms with E-state index in [0.29, 0.717) is 19.4 Å². The maximum atomic E-state index is 11.9. The van der Waals surface area contributed by atoms with Gasteiger partial charge in [-0.3, -0.25) is 0 Å². The predicted octanol–water partition coefficient (Wildman–Crippen LogP) is 2.42. The van der Waals surface area contributed by atoms with E-state index in [0.717, 1.165) is 6.42 Å². The lowest BCUT2D eigenvalue weighted by molar-refractivity contribution is -0.137. The third-order valence-corrected chi connectivity index (χ3v) is 2.33. The van der Waals surface area contributed by atoms with Crippen LogP contribution >= 0.6 is 0 Å². The van der Waals surface area contributed by atoms with Crippen molar-refractivity contribution in [1.82, 2.24) is 4.90 Å². The molecule has 0 rings (SSSR count). The van der Waals surface area contributed by atoms with Gasteiger partial charge >= 0.3 is 6.18 Å². The molecular weight excluding hydrogens is 207 g/mol. The Kier molecular flexibility index (Phi) is 6.92. The predicted molar refractivity (Wildman–Crippen MR) is 53.7 cm³/mol. The maximum absolute atomic E-state index is 11.9. The summed E-state index contributed by atoms with van der Waals surface area (Å²) in [7, 11) is 1.67. The van der Waals surface area contributed by atoms with Crippen LogP contribution in [0.4, 0.5) is 13.2 Å². The normalized spacial score (nSPS) is 14.6. The molecule has 0 radical (unpaired) electrons. The summed E-state index contributed by atoms with van der Waals surface area (Å²) < 4.78 is 35.6. The van der Waals surface area contributed by atoms with Crippen LogP contribution < -0.4 is 0 Å². The van der Waals surface area contributed by atoms with Crippen molar-refractivity contribution in [2.24, 2.45) is 0 Å². The van der Waals surface area contributed by atoms with Crippen molar-refractivity contribution in [3.8, 4) is 0 Å². The molecule has 0 heterocycles. The Hall–Kier alpha value is -0.290. The van der Waals surface area contributed by atoms with Gasteiger partial charge in [0.15, 0.2) is 0 Å². The Balaban J connectivity index is 3.45. The number of nitrogens with zero attached hydrogens (tertiary/aromatic N) is 1. The molecule has 0 aromatic rings. The molecule has 0 saturated heterocycles. The minimum absolute atomic E-state index is 0.0335. The van der Waals surface area contributed by atoms with Crippen molar-refractivity contribution in [3.63, 3.8) is 0 Å². The Morgan fingerprint density at radius 2 is 1.87 bits per heavy atom. The zero-order chi connectivity index (χ0) is 11.9. The Morgan fingerprint density at radius 3 is 2.33 bits per heavy atom. The third kappa shape index (κ3) is 10.0. The van der Waals surface area contributed by atoms with Crippen molar-refractivity contribution >= 4 is 0 Å². The topological polar surface area (TPSA) is 23.5 Å². The molecule has 0 aliphatic heterocycles. The molecular formula is C10H20F3NO. The van der Waals surface area contributed by atoms with E-state index in [1.807, 2.05) is 6.92 Å². The molecule has 1 N–H and O–H groups in total. The van der Waals surface area contributed by atoms with Crippen molar-refractivity contribution in [3.05, 3.63) is 0 Å². The van der Waals surface area contributed by atoms with Crippen LogP contribution in [-0.2, 0) is 0 Å². The van der Waals surface area contributed by atoms with E-state index in [-0.39, 0.29) is 12.6 Å². The van der Waals surface area contributed by atoms with Gasteiger partial charge in [0.1, 0.15) is 0 Å². The van der Waals surface area contributed by atoms with Crippen molar-refractivity contribution < 1.29 is 18.3 Å². The van der Waals surface area contributed by atoms with Crippen LogP contribution in [0.15, 0.2) is 0 Å². The first-order valence-corrected chi connectivity index (χ1v) is 5.28. The standard InChI is InChI=1S/C10H20F3NO/c1-3-9(15)5-4-7-14(2)8-6-10(11,12)13/h9,15H,3-8H2,1-2H3. The van der Waals surface area contributed by atoms with Crippen LogP contribution in [0.1, 0.15) is 32.6 Å². The van der Waals surface area contributed by atoms with Gasteiger partial charge in [0, 0.05) is 6.54 Å². The quantitative estimate of drug-likeness (QED) is 0.722. The van der Waals surface area contributed by atoms with Gasteiger partial charge < -0.3 is 10.0 Å². The zero-order valence-electron chi connectivity index (χ0n) is 9.35. The first-order valence-electron chi connectivity index (χ1n) is 5.28. The van der Waals surface area contributed by atoms with Gasteiger partial charge in [-0.15, -0.1) is 0 Å². The van der Waals surface area contributed by atoms with Gasteiger partial charge in [-0.2, -0.15) is 13.2 Å². The van der Waals surface area contributed by atoms with Crippen LogP contribution in [0.3, 0.4) is 0 Å². The molecule has 0 aromatic heterocycles. The summed E-state index contributed by atoms with van der Waals surface area (Å²) in [4.78, 5) is 1.65. The Bertz CT molecular complexity index is 161. The second-order valence-corrected chi connectivity index (χ2v) is 3.87. The average molecular weight is 227 g/mol. The molecule has 0 bridgehead atoms. The molecule has 1 atom stereocenters. The highest BCUT2D eigenvalue weighted by Crippen LogP contribution is 2.19. The number of halogens is 3. The Morgan fingerprint density at radius 1 is 1.27 bits per heavy atom. The number of hydrogen-bond donors (Lipinski definition) is 1. The van der Waals surface area contributed by atoms with E-state index in [2.05, 4.69) is 0 Å². The van der Waals surface area contributed by atoms with Crippen LogP contribution in [0.5, 0.6) is 0 Å². The lowest BCUT2D eigenvalue weighted by Crippen LogP contribution is -2.26. The summed E-state index contributed by atoms with van der Waals surface area (Å²) in [6.45, 7) is 2.52. The maximum Gasteiger partial charge on any atom is 0.390 e. The van der Waals surface area contributed by atoms with Crippen LogP contribution in [0, 0.1) is 0 Å². The number of aliphatic hydroxyl groups is 1. The molecule has 0 aliphatic carbocycles. The second-order valence-electron chi connectivity index (χ2n) is 3.87. The van der Waals surface area contributed by atoms with E-state index in [1.54, 1.807) is 11.9 Å². The summed E-state index contributed by atoms with van der Waals surface area (Å²) in [5, 5.41) is 9.23. The minimum Gasteiger partial charge on any atom is -0.393 e. The first kappa shape index (κ1) is 14.7. The molecule has 0 saturated carbocycles. The zero-order valence-corrected chi connectivity index (χ0v) is 9.35.